The van der Waals surface area contributed by atoms with Gasteiger partial charge in [-0.05, 0) is 102 Å². The van der Waals surface area contributed by atoms with Crippen molar-refractivity contribution in [2.45, 2.75) is 77.8 Å². The van der Waals surface area contributed by atoms with E-state index in [0.717, 1.165) is 36.4 Å². The van der Waals surface area contributed by atoms with Crippen molar-refractivity contribution in [3.8, 4) is 5.75 Å². The van der Waals surface area contributed by atoms with Gasteiger partial charge in [0.05, 0.1) is 19.0 Å². The lowest BCUT2D eigenvalue weighted by Crippen LogP contribution is -2.54. The van der Waals surface area contributed by atoms with Crippen LogP contribution < -0.4 is 19.9 Å². The molecule has 3 heterocycles. The zero-order chi connectivity index (χ0) is 29.3. The maximum absolute atomic E-state index is 13.1. The summed E-state index contributed by atoms with van der Waals surface area (Å²) in [7, 11) is 5.61. The number of fused-ring (bicyclic) bond motifs is 2. The number of ketones is 1. The highest BCUT2D eigenvalue weighted by molar-refractivity contribution is 6.04. The van der Waals surface area contributed by atoms with Gasteiger partial charge in [-0.2, -0.15) is 4.98 Å². The molecule has 3 aliphatic rings. The van der Waals surface area contributed by atoms with Crippen molar-refractivity contribution in [1.82, 2.24) is 14.9 Å². The van der Waals surface area contributed by atoms with Gasteiger partial charge in [-0.15, -0.1) is 0 Å². The number of piperidine rings is 1. The molecule has 0 radical (unpaired) electrons. The molecule has 9 nitrogen and oxygen atoms in total. The minimum atomic E-state index is -0.269. The zero-order valence-electron chi connectivity index (χ0n) is 25.5. The molecule has 1 saturated heterocycles. The first kappa shape index (κ1) is 29.3. The number of benzene rings is 1. The number of carbonyl (C=O) groups excluding carboxylic acids is 2. The summed E-state index contributed by atoms with van der Waals surface area (Å²) in [6, 6.07) is 5.35. The van der Waals surface area contributed by atoms with Crippen LogP contribution in [-0.4, -0.2) is 72.9 Å². The summed E-state index contributed by atoms with van der Waals surface area (Å²) >= 11 is 0. The van der Waals surface area contributed by atoms with Gasteiger partial charge >= 0.3 is 0 Å². The average Bonchev–Trinajstić information content (AvgIpc) is 3.36. The molecule has 2 aliphatic heterocycles. The monoisotopic (exact) mass is 562 g/mol. The molecule has 9 heteroatoms. The van der Waals surface area contributed by atoms with Crippen molar-refractivity contribution in [1.29, 1.82) is 0 Å². The van der Waals surface area contributed by atoms with E-state index in [1.54, 1.807) is 25.3 Å². The van der Waals surface area contributed by atoms with Crippen LogP contribution in [-0.2, 0) is 4.79 Å². The average molecular weight is 563 g/mol. The van der Waals surface area contributed by atoms with E-state index in [2.05, 4.69) is 41.0 Å². The number of amides is 1. The third-order valence-corrected chi connectivity index (χ3v) is 9.40. The van der Waals surface area contributed by atoms with Crippen molar-refractivity contribution >= 4 is 34.8 Å². The normalized spacial score (nSPS) is 24.4. The summed E-state index contributed by atoms with van der Waals surface area (Å²) in [5.74, 6) is 4.41. The summed E-state index contributed by atoms with van der Waals surface area (Å²) in [6.07, 6.45) is 9.01. The summed E-state index contributed by atoms with van der Waals surface area (Å²) in [6.45, 7) is 8.62. The van der Waals surface area contributed by atoms with E-state index in [0.29, 0.717) is 41.5 Å². The molecule has 222 valence electrons. The second kappa shape index (κ2) is 12.3. The maximum Gasteiger partial charge on any atom is 0.249 e. The molecule has 1 aromatic heterocycles. The first-order valence-corrected chi connectivity index (χ1v) is 15.3. The number of hydrogen-bond donors (Lipinski definition) is 1. The smallest absolute Gasteiger partial charge is 0.249 e. The van der Waals surface area contributed by atoms with Gasteiger partial charge in [0.2, 0.25) is 11.9 Å². The van der Waals surface area contributed by atoms with Crippen LogP contribution >= 0.6 is 0 Å². The number of methoxy groups -OCH3 is 1. The molecular weight excluding hydrogens is 516 g/mol. The summed E-state index contributed by atoms with van der Waals surface area (Å²) in [4.78, 5) is 41.5. The van der Waals surface area contributed by atoms with Crippen LogP contribution in [0, 0.1) is 17.8 Å². The molecule has 1 saturated carbocycles. The van der Waals surface area contributed by atoms with Gasteiger partial charge in [-0.25, -0.2) is 4.98 Å². The number of carbonyl (C=O) groups is 2. The first-order chi connectivity index (χ1) is 19.7. The van der Waals surface area contributed by atoms with E-state index in [9.17, 15) is 9.59 Å². The molecule has 1 N–H and O–H groups in total. The highest BCUT2D eigenvalue weighted by atomic mass is 16.5. The standard InChI is InChI=1S/C32H46N6O3/c1-7-26-31(40)37(5)27-18-33-32(35-30(27)38(26)20(2)3)34-25-12-11-23(17-29(25)41-6)28(39)10-8-9-21-15-22-13-14-36(4)19-24(22)16-21/h11-12,17-18,20-22,24,26H,7-10,13-16,19H2,1-6H3,(H,33,34,35). The highest BCUT2D eigenvalue weighted by Crippen LogP contribution is 2.43. The molecule has 41 heavy (non-hydrogen) atoms. The molecule has 0 bridgehead atoms. The van der Waals surface area contributed by atoms with Crippen molar-refractivity contribution in [3.05, 3.63) is 30.0 Å². The third kappa shape index (κ3) is 6.05. The summed E-state index contributed by atoms with van der Waals surface area (Å²) in [5.41, 5.74) is 2.04. The van der Waals surface area contributed by atoms with Gasteiger partial charge in [-0.3, -0.25) is 9.59 Å². The van der Waals surface area contributed by atoms with Gasteiger partial charge in [0.25, 0.3) is 0 Å². The van der Waals surface area contributed by atoms with E-state index < -0.39 is 0 Å². The van der Waals surface area contributed by atoms with E-state index in [1.165, 1.54) is 32.4 Å². The molecular formula is C32H46N6O3. The van der Waals surface area contributed by atoms with Gasteiger partial charge in [0.1, 0.15) is 17.5 Å². The van der Waals surface area contributed by atoms with Gasteiger partial charge in [0.15, 0.2) is 11.6 Å². The quantitative estimate of drug-likeness (QED) is 0.378. The lowest BCUT2D eigenvalue weighted by Gasteiger charge is -2.42. The number of nitrogens with one attached hydrogen (secondary N) is 1. The molecule has 4 atom stereocenters. The Morgan fingerprint density at radius 1 is 1.20 bits per heavy atom. The maximum atomic E-state index is 13.1. The molecule has 0 spiro atoms. The number of aromatic nitrogens is 2. The number of likely N-dealkylation sites (tertiary alicyclic amines) is 1. The molecule has 5 rings (SSSR count). The van der Waals surface area contributed by atoms with Crippen LogP contribution in [0.15, 0.2) is 24.4 Å². The SMILES string of the molecule is CCC1C(=O)N(C)c2cnc(Nc3ccc(C(=O)CCCC4CC5CCN(C)CC5C4)cc3OC)nc2N1C(C)C. The Labute approximate surface area is 244 Å². The molecule has 1 aliphatic carbocycles. The topological polar surface area (TPSA) is 90.9 Å². The Hall–Kier alpha value is -3.20. The Bertz CT molecular complexity index is 1270. The van der Waals surface area contributed by atoms with Crippen molar-refractivity contribution < 1.29 is 14.3 Å². The van der Waals surface area contributed by atoms with Crippen molar-refractivity contribution in [3.63, 3.8) is 0 Å². The Morgan fingerprint density at radius 3 is 2.71 bits per heavy atom. The third-order valence-electron chi connectivity index (χ3n) is 9.40. The first-order valence-electron chi connectivity index (χ1n) is 15.3. The van der Waals surface area contributed by atoms with Crippen LogP contribution in [0.2, 0.25) is 0 Å². The van der Waals surface area contributed by atoms with Gasteiger partial charge < -0.3 is 24.8 Å². The van der Waals surface area contributed by atoms with Crippen LogP contribution in [0.25, 0.3) is 0 Å². The molecule has 1 amide bonds. The zero-order valence-corrected chi connectivity index (χ0v) is 25.5. The number of hydrogen-bond acceptors (Lipinski definition) is 8. The second-order valence-electron chi connectivity index (χ2n) is 12.5. The summed E-state index contributed by atoms with van der Waals surface area (Å²) < 4.78 is 5.66. The predicted molar refractivity (Wildman–Crippen MR) is 163 cm³/mol. The minimum Gasteiger partial charge on any atom is -0.495 e. The van der Waals surface area contributed by atoms with E-state index in [1.807, 2.05) is 25.1 Å². The Balaban J connectivity index is 1.24. The van der Waals surface area contributed by atoms with Crippen LogP contribution in [0.4, 0.5) is 23.1 Å². The summed E-state index contributed by atoms with van der Waals surface area (Å²) in [5, 5.41) is 3.27. The fraction of sp³-hybridized carbons (Fsp3) is 0.625. The van der Waals surface area contributed by atoms with Crippen LogP contribution in [0.5, 0.6) is 5.75 Å². The predicted octanol–water partition coefficient (Wildman–Crippen LogP) is 5.53. The fourth-order valence-corrected chi connectivity index (χ4v) is 7.25. The molecule has 1 aromatic carbocycles. The van der Waals surface area contributed by atoms with E-state index in [4.69, 9.17) is 9.72 Å². The lowest BCUT2D eigenvalue weighted by atomic mass is 9.89. The largest absolute Gasteiger partial charge is 0.495 e. The van der Waals surface area contributed by atoms with E-state index >= 15 is 0 Å². The number of nitrogens with zero attached hydrogens (tertiary/aromatic N) is 5. The number of ether oxygens (including phenoxy) is 1. The highest BCUT2D eigenvalue weighted by Gasteiger charge is 2.39. The van der Waals surface area contributed by atoms with Crippen LogP contribution in [0.1, 0.15) is 76.1 Å². The van der Waals surface area contributed by atoms with Crippen molar-refractivity contribution in [2.75, 3.05) is 49.4 Å². The Morgan fingerprint density at radius 2 is 1.98 bits per heavy atom. The number of likely N-dealkylation sites (N-methyl/N-ethyl adjacent to an activating group) is 1. The van der Waals surface area contributed by atoms with Crippen molar-refractivity contribution in [2.24, 2.45) is 17.8 Å². The molecule has 2 fully saturated rings. The fourth-order valence-electron chi connectivity index (χ4n) is 7.25. The van der Waals surface area contributed by atoms with Crippen LogP contribution in [0.3, 0.4) is 0 Å². The molecule has 4 unspecified atom stereocenters. The number of Topliss-reactive ketones (excluding diaryl/α,β-unsaturated/α-hetero) is 1. The Kier molecular flexibility index (Phi) is 8.82. The number of anilines is 4. The van der Waals surface area contributed by atoms with E-state index in [-0.39, 0.29) is 23.8 Å². The lowest BCUT2D eigenvalue weighted by molar-refractivity contribution is -0.120. The molecule has 2 aromatic rings. The minimum absolute atomic E-state index is 0.0500. The van der Waals surface area contributed by atoms with Gasteiger partial charge in [-0.1, -0.05) is 6.92 Å². The number of rotatable bonds is 10. The second-order valence-corrected chi connectivity index (χ2v) is 12.5. The van der Waals surface area contributed by atoms with Gasteiger partial charge in [0, 0.05) is 31.6 Å².